The molecule has 19 heavy (non-hydrogen) atoms. The van der Waals surface area contributed by atoms with Crippen LogP contribution in [0.3, 0.4) is 0 Å². The van der Waals surface area contributed by atoms with Crippen molar-refractivity contribution in [2.75, 3.05) is 26.7 Å². The van der Waals surface area contributed by atoms with Crippen LogP contribution in [-0.2, 0) is 13.1 Å². The standard InChI is InChI=1S/C12H18ClN5O/c1-16-3-2-4-18-9(7-16)10(13)11(15-18)12(19)17-5-8(14)6-17/h8H,2-7,14H2,1H3. The molecule has 2 aliphatic heterocycles. The monoisotopic (exact) mass is 283 g/mol. The van der Waals surface area contributed by atoms with E-state index in [-0.39, 0.29) is 11.9 Å². The smallest absolute Gasteiger partial charge is 0.276 e. The first-order valence-corrected chi connectivity index (χ1v) is 6.92. The van der Waals surface area contributed by atoms with E-state index in [4.69, 9.17) is 17.3 Å². The molecular formula is C12H18ClN5O. The molecule has 0 unspecified atom stereocenters. The Morgan fingerprint density at radius 2 is 2.16 bits per heavy atom. The van der Waals surface area contributed by atoms with Gasteiger partial charge in [0, 0.05) is 38.8 Å². The summed E-state index contributed by atoms with van der Waals surface area (Å²) in [5.74, 6) is -0.102. The minimum atomic E-state index is -0.102. The highest BCUT2D eigenvalue weighted by Gasteiger charge is 2.33. The van der Waals surface area contributed by atoms with Gasteiger partial charge in [0.15, 0.2) is 5.69 Å². The molecule has 1 amide bonds. The second-order valence-electron chi connectivity index (χ2n) is 5.39. The van der Waals surface area contributed by atoms with Crippen molar-refractivity contribution < 1.29 is 4.79 Å². The molecule has 1 fully saturated rings. The number of amides is 1. The van der Waals surface area contributed by atoms with Gasteiger partial charge in [-0.2, -0.15) is 5.10 Å². The van der Waals surface area contributed by atoms with Gasteiger partial charge in [0.1, 0.15) is 0 Å². The van der Waals surface area contributed by atoms with Crippen molar-refractivity contribution in [2.45, 2.75) is 25.6 Å². The van der Waals surface area contributed by atoms with Crippen molar-refractivity contribution in [1.29, 1.82) is 0 Å². The van der Waals surface area contributed by atoms with Crippen LogP contribution in [0.15, 0.2) is 0 Å². The molecular weight excluding hydrogens is 266 g/mol. The zero-order chi connectivity index (χ0) is 13.6. The summed E-state index contributed by atoms with van der Waals surface area (Å²) < 4.78 is 1.87. The van der Waals surface area contributed by atoms with E-state index in [1.165, 1.54) is 0 Å². The summed E-state index contributed by atoms with van der Waals surface area (Å²) in [7, 11) is 2.05. The van der Waals surface area contributed by atoms with Crippen molar-refractivity contribution >= 4 is 17.5 Å². The summed E-state index contributed by atoms with van der Waals surface area (Å²) in [4.78, 5) is 16.2. The predicted molar refractivity (Wildman–Crippen MR) is 72.1 cm³/mol. The number of likely N-dealkylation sites (tertiary alicyclic amines) is 1. The number of halogens is 1. The third-order valence-electron chi connectivity index (χ3n) is 3.72. The summed E-state index contributed by atoms with van der Waals surface area (Å²) in [6, 6.07) is 0.0919. The average Bonchev–Trinajstić information content (AvgIpc) is 2.53. The maximum absolute atomic E-state index is 12.3. The molecule has 3 rings (SSSR count). The number of nitrogens with zero attached hydrogens (tertiary/aromatic N) is 4. The fourth-order valence-corrected chi connectivity index (χ4v) is 2.88. The summed E-state index contributed by atoms with van der Waals surface area (Å²) in [5.41, 5.74) is 7.01. The zero-order valence-corrected chi connectivity index (χ0v) is 11.7. The van der Waals surface area contributed by atoms with Crippen LogP contribution in [0, 0.1) is 0 Å². The van der Waals surface area contributed by atoms with Crippen LogP contribution in [0.5, 0.6) is 0 Å². The van der Waals surface area contributed by atoms with Crippen molar-refractivity contribution in [3.05, 3.63) is 16.4 Å². The highest BCUT2D eigenvalue weighted by Crippen LogP contribution is 2.26. The van der Waals surface area contributed by atoms with Crippen LogP contribution in [0.2, 0.25) is 5.02 Å². The van der Waals surface area contributed by atoms with Gasteiger partial charge in [0.25, 0.3) is 5.91 Å². The average molecular weight is 284 g/mol. The zero-order valence-electron chi connectivity index (χ0n) is 11.0. The molecule has 0 saturated carbocycles. The third-order valence-corrected chi connectivity index (χ3v) is 4.12. The molecule has 0 aliphatic carbocycles. The Morgan fingerprint density at radius 1 is 1.42 bits per heavy atom. The summed E-state index contributed by atoms with van der Waals surface area (Å²) >= 11 is 6.35. The van der Waals surface area contributed by atoms with Gasteiger partial charge in [-0.25, -0.2) is 0 Å². The third kappa shape index (κ3) is 2.24. The molecule has 6 nitrogen and oxygen atoms in total. The molecule has 1 saturated heterocycles. The summed E-state index contributed by atoms with van der Waals surface area (Å²) in [5, 5.41) is 4.90. The van der Waals surface area contributed by atoms with Crippen molar-refractivity contribution in [1.82, 2.24) is 19.6 Å². The number of hydrogen-bond acceptors (Lipinski definition) is 4. The number of nitrogens with two attached hydrogens (primary N) is 1. The molecule has 1 aromatic heterocycles. The molecule has 2 aliphatic rings. The van der Waals surface area contributed by atoms with Gasteiger partial charge in [-0.15, -0.1) is 0 Å². The molecule has 3 heterocycles. The van der Waals surface area contributed by atoms with E-state index in [2.05, 4.69) is 17.0 Å². The van der Waals surface area contributed by atoms with Crippen LogP contribution in [0.4, 0.5) is 0 Å². The molecule has 2 N–H and O–H groups in total. The molecule has 104 valence electrons. The number of rotatable bonds is 1. The fourth-order valence-electron chi connectivity index (χ4n) is 2.60. The van der Waals surface area contributed by atoms with E-state index >= 15 is 0 Å². The summed E-state index contributed by atoms with van der Waals surface area (Å²) in [6.07, 6.45) is 1.02. The highest BCUT2D eigenvalue weighted by molar-refractivity contribution is 6.34. The Bertz CT molecular complexity index is 508. The van der Waals surface area contributed by atoms with Gasteiger partial charge in [0.2, 0.25) is 0 Å². The Hall–Kier alpha value is -1.11. The largest absolute Gasteiger partial charge is 0.334 e. The topological polar surface area (TPSA) is 67.4 Å². The predicted octanol–water partition coefficient (Wildman–Crippen LogP) is 0.155. The summed E-state index contributed by atoms with van der Waals surface area (Å²) in [6.45, 7) is 3.75. The SMILES string of the molecule is CN1CCCn2nc(C(=O)N3CC(N)C3)c(Cl)c2C1. The molecule has 0 aromatic carbocycles. The Labute approximate surface area is 117 Å². The molecule has 0 spiro atoms. The minimum Gasteiger partial charge on any atom is -0.334 e. The molecule has 1 aromatic rings. The second-order valence-corrected chi connectivity index (χ2v) is 5.77. The Morgan fingerprint density at radius 3 is 2.84 bits per heavy atom. The molecule has 0 atom stereocenters. The van der Waals surface area contributed by atoms with Gasteiger partial charge >= 0.3 is 0 Å². The van der Waals surface area contributed by atoms with Gasteiger partial charge in [-0.05, 0) is 13.5 Å². The minimum absolute atomic E-state index is 0.0919. The number of aryl methyl sites for hydroxylation is 1. The van der Waals surface area contributed by atoms with E-state index in [0.717, 1.165) is 31.7 Å². The number of hydrogen-bond donors (Lipinski definition) is 1. The van der Waals surface area contributed by atoms with Gasteiger partial charge in [0.05, 0.1) is 10.7 Å². The molecule has 7 heteroatoms. The maximum Gasteiger partial charge on any atom is 0.276 e. The van der Waals surface area contributed by atoms with E-state index in [0.29, 0.717) is 23.8 Å². The lowest BCUT2D eigenvalue weighted by molar-refractivity contribution is 0.0601. The van der Waals surface area contributed by atoms with Crippen molar-refractivity contribution in [2.24, 2.45) is 5.73 Å². The second kappa shape index (κ2) is 4.77. The first kappa shape index (κ1) is 12.9. The number of carbonyl (C=O) groups excluding carboxylic acids is 1. The lowest BCUT2D eigenvalue weighted by Gasteiger charge is -2.36. The highest BCUT2D eigenvalue weighted by atomic mass is 35.5. The van der Waals surface area contributed by atoms with E-state index in [1.807, 2.05) is 4.68 Å². The quantitative estimate of drug-likeness (QED) is 0.797. The van der Waals surface area contributed by atoms with Crippen LogP contribution < -0.4 is 5.73 Å². The van der Waals surface area contributed by atoms with E-state index in [1.54, 1.807) is 4.90 Å². The fraction of sp³-hybridized carbons (Fsp3) is 0.667. The van der Waals surface area contributed by atoms with Crippen molar-refractivity contribution in [3.63, 3.8) is 0 Å². The molecule has 0 bridgehead atoms. The van der Waals surface area contributed by atoms with Gasteiger partial charge in [-0.3, -0.25) is 9.48 Å². The lowest BCUT2D eigenvalue weighted by Crippen LogP contribution is -2.57. The van der Waals surface area contributed by atoms with Crippen molar-refractivity contribution in [3.8, 4) is 0 Å². The van der Waals surface area contributed by atoms with Crippen LogP contribution in [0.25, 0.3) is 0 Å². The maximum atomic E-state index is 12.3. The number of carbonyl (C=O) groups is 1. The lowest BCUT2D eigenvalue weighted by atomic mass is 10.1. The van der Waals surface area contributed by atoms with Crippen LogP contribution in [0.1, 0.15) is 22.6 Å². The van der Waals surface area contributed by atoms with Gasteiger partial charge < -0.3 is 15.5 Å². The molecule has 0 radical (unpaired) electrons. The number of aromatic nitrogens is 2. The van der Waals surface area contributed by atoms with Crippen LogP contribution in [-0.4, -0.2) is 58.2 Å². The van der Waals surface area contributed by atoms with Crippen LogP contribution >= 0.6 is 11.6 Å². The van der Waals surface area contributed by atoms with Gasteiger partial charge in [-0.1, -0.05) is 11.6 Å². The normalized spacial score (nSPS) is 20.9. The first-order valence-electron chi connectivity index (χ1n) is 6.55. The Kier molecular flexibility index (Phi) is 3.24. The Balaban J connectivity index is 1.87. The van der Waals surface area contributed by atoms with E-state index < -0.39 is 0 Å². The number of fused-ring (bicyclic) bond motifs is 1. The first-order chi connectivity index (χ1) is 9.06. The van der Waals surface area contributed by atoms with E-state index in [9.17, 15) is 4.79 Å².